The third-order valence-electron chi connectivity index (χ3n) is 6.15. The maximum absolute atomic E-state index is 13.1. The summed E-state index contributed by atoms with van der Waals surface area (Å²) in [5.74, 6) is -0.675. The molecule has 0 bridgehead atoms. The summed E-state index contributed by atoms with van der Waals surface area (Å²) in [5, 5.41) is 11.7. The number of halogens is 4. The molecule has 1 aliphatic heterocycles. The van der Waals surface area contributed by atoms with E-state index in [2.05, 4.69) is 4.90 Å². The van der Waals surface area contributed by atoms with Gasteiger partial charge in [0.25, 0.3) is 0 Å². The Hall–Kier alpha value is -1.87. The van der Waals surface area contributed by atoms with E-state index in [0.717, 1.165) is 75.9 Å². The van der Waals surface area contributed by atoms with Crippen LogP contribution in [0, 0.1) is 10.1 Å². The molecule has 0 aromatic heterocycles. The minimum absolute atomic E-state index is 0. The van der Waals surface area contributed by atoms with Gasteiger partial charge in [0.2, 0.25) is 0 Å². The minimum Gasteiger partial charge on any atom is -0.335 e. The Morgan fingerprint density at radius 1 is 1.13 bits per heavy atom. The predicted molar refractivity (Wildman–Crippen MR) is 108 cm³/mol. The molecule has 1 amide bonds. The fraction of sp³-hybridized carbons (Fsp3) is 0.650. The summed E-state index contributed by atoms with van der Waals surface area (Å²) in [6.07, 6.45) is 1.45. The molecule has 1 aliphatic carbocycles. The van der Waals surface area contributed by atoms with Crippen LogP contribution in [-0.4, -0.2) is 52.9 Å². The highest BCUT2D eigenvalue weighted by Crippen LogP contribution is 2.33. The molecular weight excluding hydrogens is 423 g/mol. The molecule has 10 heteroatoms. The summed E-state index contributed by atoms with van der Waals surface area (Å²) in [5.41, 5.74) is -0.932. The fourth-order valence-electron chi connectivity index (χ4n) is 4.61. The van der Waals surface area contributed by atoms with Crippen molar-refractivity contribution in [3.63, 3.8) is 0 Å². The normalized spacial score (nSPS) is 23.5. The van der Waals surface area contributed by atoms with Gasteiger partial charge >= 0.3 is 18.1 Å². The van der Waals surface area contributed by atoms with E-state index in [1.54, 1.807) is 7.05 Å². The number of amides is 1. The molecule has 1 unspecified atom stereocenters. The molecule has 2 aliphatic rings. The number of nitro groups is 1. The van der Waals surface area contributed by atoms with Gasteiger partial charge in [-0.15, -0.1) is 12.4 Å². The Kier molecular flexibility index (Phi) is 8.10. The SMILES string of the molecule is CN(C(=O)C(c1ccc(C(F)(F)F)cc1)[N+](=O)[O-])[C@@H]1CCCC[C@H]1N1CCCC1.Cl. The zero-order valence-corrected chi connectivity index (χ0v) is 17.6. The van der Waals surface area contributed by atoms with Gasteiger partial charge in [-0.2, -0.15) is 13.2 Å². The number of alkyl halides is 3. The Balaban J connectivity index is 0.00000320. The standard InChI is InChI=1S/C20H26F3N3O3.ClH/c1-24(16-6-2-3-7-17(16)25-12-4-5-13-25)19(27)18(26(28)29)14-8-10-15(11-9-14)20(21,22)23;/h8-11,16-18H,2-7,12-13H2,1H3;1H/t16-,17-,18?;/m1./s1. The van der Waals surface area contributed by atoms with Crippen LogP contribution in [0.3, 0.4) is 0 Å². The van der Waals surface area contributed by atoms with Gasteiger partial charge in [0.05, 0.1) is 5.56 Å². The van der Waals surface area contributed by atoms with E-state index in [-0.39, 0.29) is 30.1 Å². The second-order valence-electron chi connectivity index (χ2n) is 7.92. The average molecular weight is 450 g/mol. The zero-order chi connectivity index (χ0) is 21.2. The van der Waals surface area contributed by atoms with E-state index < -0.39 is 28.6 Å². The van der Waals surface area contributed by atoms with Crippen LogP contribution < -0.4 is 0 Å². The summed E-state index contributed by atoms with van der Waals surface area (Å²) >= 11 is 0. The molecule has 1 heterocycles. The zero-order valence-electron chi connectivity index (χ0n) is 16.8. The van der Waals surface area contributed by atoms with Crippen molar-refractivity contribution in [2.75, 3.05) is 20.1 Å². The van der Waals surface area contributed by atoms with Crippen molar-refractivity contribution in [3.05, 3.63) is 45.5 Å². The fourth-order valence-corrected chi connectivity index (χ4v) is 4.61. The van der Waals surface area contributed by atoms with E-state index in [1.165, 1.54) is 4.90 Å². The topological polar surface area (TPSA) is 66.7 Å². The van der Waals surface area contributed by atoms with Gasteiger partial charge in [-0.1, -0.05) is 25.0 Å². The first-order chi connectivity index (χ1) is 13.7. The number of carbonyl (C=O) groups excluding carboxylic acids is 1. The lowest BCUT2D eigenvalue weighted by atomic mass is 9.87. The van der Waals surface area contributed by atoms with Gasteiger partial charge in [0.1, 0.15) is 0 Å². The average Bonchev–Trinajstić information content (AvgIpc) is 3.21. The molecule has 2 fully saturated rings. The van der Waals surface area contributed by atoms with Crippen LogP contribution >= 0.6 is 12.4 Å². The van der Waals surface area contributed by atoms with Gasteiger partial charge in [0, 0.05) is 29.6 Å². The van der Waals surface area contributed by atoms with Gasteiger partial charge in [-0.3, -0.25) is 19.8 Å². The molecule has 0 radical (unpaired) electrons. The Bertz CT molecular complexity index is 739. The van der Waals surface area contributed by atoms with Crippen molar-refractivity contribution in [2.45, 2.75) is 62.8 Å². The van der Waals surface area contributed by atoms with Crippen LogP contribution in [-0.2, 0) is 11.0 Å². The summed E-state index contributed by atoms with van der Waals surface area (Å²) in [4.78, 5) is 27.9. The number of hydrogen-bond donors (Lipinski definition) is 0. The van der Waals surface area contributed by atoms with Crippen LogP contribution in [0.5, 0.6) is 0 Å². The van der Waals surface area contributed by atoms with Crippen LogP contribution in [0.15, 0.2) is 24.3 Å². The Labute approximate surface area is 180 Å². The quantitative estimate of drug-likeness (QED) is 0.496. The molecule has 30 heavy (non-hydrogen) atoms. The van der Waals surface area contributed by atoms with Crippen molar-refractivity contribution in [3.8, 4) is 0 Å². The molecule has 1 aromatic rings. The largest absolute Gasteiger partial charge is 0.416 e. The van der Waals surface area contributed by atoms with Crippen molar-refractivity contribution >= 4 is 18.3 Å². The van der Waals surface area contributed by atoms with Crippen LogP contribution in [0.4, 0.5) is 13.2 Å². The number of likely N-dealkylation sites (N-methyl/N-ethyl adjacent to an activating group) is 1. The molecule has 1 aromatic carbocycles. The van der Waals surface area contributed by atoms with E-state index in [0.29, 0.717) is 0 Å². The summed E-state index contributed by atoms with van der Waals surface area (Å²) < 4.78 is 38.4. The van der Waals surface area contributed by atoms with Gasteiger partial charge in [-0.25, -0.2) is 0 Å². The minimum atomic E-state index is -4.53. The molecule has 168 valence electrons. The van der Waals surface area contributed by atoms with E-state index in [9.17, 15) is 28.1 Å². The van der Waals surface area contributed by atoms with Crippen LogP contribution in [0.25, 0.3) is 0 Å². The molecule has 3 rings (SSSR count). The highest BCUT2D eigenvalue weighted by Gasteiger charge is 2.42. The maximum Gasteiger partial charge on any atom is 0.416 e. The Morgan fingerprint density at radius 2 is 1.70 bits per heavy atom. The highest BCUT2D eigenvalue weighted by molar-refractivity contribution is 5.85. The first-order valence-electron chi connectivity index (χ1n) is 10.0. The number of hydrogen-bond acceptors (Lipinski definition) is 4. The predicted octanol–water partition coefficient (Wildman–Crippen LogP) is 4.31. The molecule has 0 N–H and O–H groups in total. The van der Waals surface area contributed by atoms with Gasteiger partial charge in [0.15, 0.2) is 0 Å². The molecule has 6 nitrogen and oxygen atoms in total. The van der Waals surface area contributed by atoms with Gasteiger partial charge in [-0.05, 0) is 50.9 Å². The third-order valence-corrected chi connectivity index (χ3v) is 6.15. The second-order valence-corrected chi connectivity index (χ2v) is 7.92. The number of carbonyl (C=O) groups is 1. The van der Waals surface area contributed by atoms with E-state index >= 15 is 0 Å². The summed E-state index contributed by atoms with van der Waals surface area (Å²) in [7, 11) is 1.59. The molecule has 0 spiro atoms. The summed E-state index contributed by atoms with van der Waals surface area (Å²) in [6, 6.07) is 1.98. The van der Waals surface area contributed by atoms with Crippen molar-refractivity contribution in [1.29, 1.82) is 0 Å². The summed E-state index contributed by atoms with van der Waals surface area (Å²) in [6.45, 7) is 1.95. The third kappa shape index (κ3) is 5.24. The number of nitrogens with zero attached hydrogens (tertiary/aromatic N) is 3. The van der Waals surface area contributed by atoms with Gasteiger partial charge < -0.3 is 4.90 Å². The van der Waals surface area contributed by atoms with E-state index in [4.69, 9.17) is 0 Å². The smallest absolute Gasteiger partial charge is 0.335 e. The lowest BCUT2D eigenvalue weighted by molar-refractivity contribution is -0.515. The van der Waals surface area contributed by atoms with Crippen LogP contribution in [0.2, 0.25) is 0 Å². The van der Waals surface area contributed by atoms with Crippen molar-refractivity contribution in [1.82, 2.24) is 9.80 Å². The highest BCUT2D eigenvalue weighted by atomic mass is 35.5. The second kappa shape index (κ2) is 9.96. The molecule has 1 saturated heterocycles. The first-order valence-corrected chi connectivity index (χ1v) is 10.0. The van der Waals surface area contributed by atoms with E-state index in [1.807, 2.05) is 0 Å². The monoisotopic (exact) mass is 449 g/mol. The first kappa shape index (κ1) is 24.4. The number of benzene rings is 1. The molecular formula is C20H27ClF3N3O3. The lowest BCUT2D eigenvalue weighted by Crippen LogP contribution is -2.54. The van der Waals surface area contributed by atoms with Crippen molar-refractivity contribution in [2.24, 2.45) is 0 Å². The lowest BCUT2D eigenvalue weighted by Gasteiger charge is -2.42. The van der Waals surface area contributed by atoms with Crippen LogP contribution in [0.1, 0.15) is 55.7 Å². The molecule has 3 atom stereocenters. The number of rotatable bonds is 5. The van der Waals surface area contributed by atoms with Crippen molar-refractivity contribution < 1.29 is 22.9 Å². The Morgan fingerprint density at radius 3 is 2.23 bits per heavy atom. The molecule has 1 saturated carbocycles. The maximum atomic E-state index is 13.1. The number of likely N-dealkylation sites (tertiary alicyclic amines) is 1.